The number of nitrogens with one attached hydrogen (secondary N) is 1. The van der Waals surface area contributed by atoms with Crippen molar-refractivity contribution in [3.63, 3.8) is 0 Å². The van der Waals surface area contributed by atoms with E-state index in [-0.39, 0.29) is 17.3 Å². The van der Waals surface area contributed by atoms with Crippen LogP contribution in [0.2, 0.25) is 0 Å². The number of hydrogen-bond donors (Lipinski definition) is 2. The fraction of sp³-hybridized carbons (Fsp3) is 0.280. The molecule has 2 N–H and O–H groups in total. The molecule has 0 spiro atoms. The molecule has 0 aliphatic carbocycles. The zero-order valence-electron chi connectivity index (χ0n) is 18.8. The van der Waals surface area contributed by atoms with Crippen molar-refractivity contribution in [1.82, 2.24) is 29.5 Å². The monoisotopic (exact) mass is 477 g/mol. The highest BCUT2D eigenvalue weighted by Crippen LogP contribution is 2.32. The number of rotatable bonds is 4. The van der Waals surface area contributed by atoms with E-state index in [1.807, 2.05) is 16.9 Å². The normalized spacial score (nSPS) is 17.7. The number of carbonyl (C=O) groups excluding carboxylic acids is 1. The number of carbonyl (C=O) groups is 1. The van der Waals surface area contributed by atoms with Crippen LogP contribution in [0.4, 0.5) is 8.78 Å². The van der Waals surface area contributed by atoms with Gasteiger partial charge in [-0.1, -0.05) is 0 Å². The Morgan fingerprint density at radius 2 is 1.89 bits per heavy atom. The summed E-state index contributed by atoms with van der Waals surface area (Å²) in [5, 5.41) is 14.5. The van der Waals surface area contributed by atoms with Crippen LogP contribution in [0, 0.1) is 17.7 Å². The molecule has 5 heterocycles. The summed E-state index contributed by atoms with van der Waals surface area (Å²) >= 11 is 0. The molecule has 1 aromatic carbocycles. The molecule has 2 fully saturated rings. The average Bonchev–Trinajstić information content (AvgIpc) is 3.50. The molecule has 0 atom stereocenters. The van der Waals surface area contributed by atoms with Crippen LogP contribution < -0.4 is 0 Å². The summed E-state index contributed by atoms with van der Waals surface area (Å²) in [7, 11) is 0. The maximum Gasteiger partial charge on any atom is 0.253 e. The molecule has 6 rings (SSSR count). The van der Waals surface area contributed by atoms with Gasteiger partial charge in [0, 0.05) is 66.7 Å². The summed E-state index contributed by atoms with van der Waals surface area (Å²) in [6.45, 7) is 2.72. The van der Waals surface area contributed by atoms with Crippen LogP contribution in [0.1, 0.15) is 23.2 Å². The van der Waals surface area contributed by atoms with Gasteiger partial charge < -0.3 is 15.0 Å². The fourth-order valence-electron chi connectivity index (χ4n) is 4.98. The summed E-state index contributed by atoms with van der Waals surface area (Å²) in [6.07, 6.45) is 8.16. The SMILES string of the molecule is O=C(c1ccc(O)c(F)c1)N1CCC(N2C[C](n3cc(-c4c(F)cnc5[nH]ccc45)cn3)C2)CC1. The Morgan fingerprint density at radius 3 is 2.66 bits per heavy atom. The number of fused-ring (bicyclic) bond motifs is 1. The lowest BCUT2D eigenvalue weighted by atomic mass is 9.97. The Balaban J connectivity index is 1.06. The van der Waals surface area contributed by atoms with E-state index in [2.05, 4.69) is 20.0 Å². The summed E-state index contributed by atoms with van der Waals surface area (Å²) in [5.41, 5.74) is 2.08. The molecule has 3 aromatic heterocycles. The third kappa shape index (κ3) is 3.83. The van der Waals surface area contributed by atoms with Gasteiger partial charge in [-0.2, -0.15) is 5.10 Å². The third-order valence-corrected chi connectivity index (χ3v) is 6.97. The second-order valence-corrected chi connectivity index (χ2v) is 9.06. The highest BCUT2D eigenvalue weighted by Gasteiger charge is 2.37. The van der Waals surface area contributed by atoms with E-state index in [1.54, 1.807) is 17.3 Å². The number of aromatic amines is 1. The first-order valence-electron chi connectivity index (χ1n) is 11.5. The van der Waals surface area contributed by atoms with Crippen LogP contribution in [0.5, 0.6) is 5.75 Å². The van der Waals surface area contributed by atoms with Crippen molar-refractivity contribution >= 4 is 16.9 Å². The van der Waals surface area contributed by atoms with Crippen molar-refractivity contribution in [3.8, 4) is 16.9 Å². The number of phenolic OH excluding ortho intramolecular Hbond substituents is 1. The zero-order chi connectivity index (χ0) is 24.1. The minimum atomic E-state index is -0.791. The minimum absolute atomic E-state index is 0.220. The summed E-state index contributed by atoms with van der Waals surface area (Å²) in [6, 6.07) is 7.03. The van der Waals surface area contributed by atoms with E-state index in [9.17, 15) is 18.7 Å². The van der Waals surface area contributed by atoms with Gasteiger partial charge in [0.15, 0.2) is 11.6 Å². The first-order chi connectivity index (χ1) is 17.0. The van der Waals surface area contributed by atoms with Crippen molar-refractivity contribution in [2.75, 3.05) is 26.2 Å². The van der Waals surface area contributed by atoms with Gasteiger partial charge in [-0.3, -0.25) is 14.4 Å². The van der Waals surface area contributed by atoms with Crippen LogP contribution in [-0.2, 0) is 0 Å². The van der Waals surface area contributed by atoms with Crippen molar-refractivity contribution < 1.29 is 18.7 Å². The van der Waals surface area contributed by atoms with Gasteiger partial charge >= 0.3 is 0 Å². The number of aromatic nitrogens is 4. The second-order valence-electron chi connectivity index (χ2n) is 9.06. The molecule has 1 radical (unpaired) electrons. The predicted octanol–water partition coefficient (Wildman–Crippen LogP) is 3.41. The lowest BCUT2D eigenvalue weighted by molar-refractivity contribution is 0.0514. The van der Waals surface area contributed by atoms with E-state index in [4.69, 9.17) is 0 Å². The molecule has 10 heteroatoms. The van der Waals surface area contributed by atoms with Gasteiger partial charge in [0.25, 0.3) is 5.91 Å². The Hall–Kier alpha value is -3.79. The molecular weight excluding hydrogens is 454 g/mol. The minimum Gasteiger partial charge on any atom is -0.505 e. The maximum absolute atomic E-state index is 14.5. The Kier molecular flexibility index (Phi) is 5.25. The highest BCUT2D eigenvalue weighted by atomic mass is 19.1. The largest absolute Gasteiger partial charge is 0.505 e. The molecule has 0 bridgehead atoms. The molecule has 0 unspecified atom stereocenters. The van der Waals surface area contributed by atoms with Crippen molar-refractivity contribution in [2.24, 2.45) is 0 Å². The van der Waals surface area contributed by atoms with E-state index >= 15 is 0 Å². The smallest absolute Gasteiger partial charge is 0.253 e. The summed E-state index contributed by atoms with van der Waals surface area (Å²) in [5.74, 6) is -1.85. The number of nitrogens with zero attached hydrogens (tertiary/aromatic N) is 5. The predicted molar refractivity (Wildman–Crippen MR) is 124 cm³/mol. The Labute approximate surface area is 199 Å². The van der Waals surface area contributed by atoms with E-state index in [0.29, 0.717) is 35.9 Å². The van der Waals surface area contributed by atoms with E-state index < -0.39 is 11.6 Å². The van der Waals surface area contributed by atoms with E-state index in [1.165, 1.54) is 18.3 Å². The van der Waals surface area contributed by atoms with Crippen molar-refractivity contribution in [2.45, 2.75) is 18.9 Å². The number of amides is 1. The number of halogens is 2. The van der Waals surface area contributed by atoms with Gasteiger partial charge in [-0.15, -0.1) is 0 Å². The first kappa shape index (κ1) is 21.7. The molecule has 2 saturated heterocycles. The van der Waals surface area contributed by atoms with Crippen LogP contribution in [0.25, 0.3) is 22.2 Å². The average molecular weight is 477 g/mol. The molecule has 2 aliphatic heterocycles. The number of hydrogen-bond acceptors (Lipinski definition) is 5. The Bertz CT molecular complexity index is 1400. The van der Waals surface area contributed by atoms with E-state index in [0.717, 1.165) is 43.4 Å². The number of aromatic hydroxyl groups is 1. The summed E-state index contributed by atoms with van der Waals surface area (Å²) < 4.78 is 30.0. The van der Waals surface area contributed by atoms with Gasteiger partial charge in [0.05, 0.1) is 12.4 Å². The molecule has 8 nitrogen and oxygen atoms in total. The molecule has 4 aromatic rings. The van der Waals surface area contributed by atoms with Crippen LogP contribution >= 0.6 is 0 Å². The first-order valence-corrected chi connectivity index (χ1v) is 11.5. The maximum atomic E-state index is 14.5. The van der Waals surface area contributed by atoms with Gasteiger partial charge in [0.1, 0.15) is 17.5 Å². The fourth-order valence-corrected chi connectivity index (χ4v) is 4.98. The number of piperidine rings is 1. The second kappa shape index (κ2) is 8.46. The zero-order valence-corrected chi connectivity index (χ0v) is 18.8. The van der Waals surface area contributed by atoms with Crippen molar-refractivity contribution in [3.05, 3.63) is 72.3 Å². The lowest BCUT2D eigenvalue weighted by Gasteiger charge is -2.46. The standard InChI is InChI=1S/C25H23F2N6O2/c26-20-9-15(1-2-22(20)34)25(35)31-7-4-17(5-8-31)32-13-18(14-32)33-12-16(10-30-33)23-19-3-6-28-24(19)29-11-21(23)27/h1-3,6,9-12,17,34H,4-5,7-8,13-14H2,(H,28,29). The number of likely N-dealkylation sites (tertiary alicyclic amines) is 2. The van der Waals surface area contributed by atoms with Gasteiger partial charge in [-0.25, -0.2) is 13.8 Å². The molecule has 0 saturated carbocycles. The van der Waals surface area contributed by atoms with Gasteiger partial charge in [0.2, 0.25) is 0 Å². The van der Waals surface area contributed by atoms with Crippen LogP contribution in [0.3, 0.4) is 0 Å². The number of pyridine rings is 1. The molecule has 1 amide bonds. The molecular formula is C25H23F2N6O2. The topological polar surface area (TPSA) is 90.3 Å². The number of benzene rings is 1. The molecule has 35 heavy (non-hydrogen) atoms. The number of H-pyrrole nitrogens is 1. The van der Waals surface area contributed by atoms with Crippen LogP contribution in [-0.4, -0.2) is 72.8 Å². The Morgan fingerprint density at radius 1 is 1.09 bits per heavy atom. The lowest BCUT2D eigenvalue weighted by Crippen LogP contribution is -2.56. The van der Waals surface area contributed by atoms with Crippen LogP contribution in [0.15, 0.2) is 49.1 Å². The highest BCUT2D eigenvalue weighted by molar-refractivity contribution is 5.94. The molecule has 2 aliphatic rings. The van der Waals surface area contributed by atoms with Gasteiger partial charge in [-0.05, 0) is 37.1 Å². The molecule has 179 valence electrons. The summed E-state index contributed by atoms with van der Waals surface area (Å²) in [4.78, 5) is 23.9. The third-order valence-electron chi connectivity index (χ3n) is 6.97. The number of phenols is 1. The van der Waals surface area contributed by atoms with Crippen molar-refractivity contribution in [1.29, 1.82) is 0 Å². The quantitative estimate of drug-likeness (QED) is 0.470.